The molecule has 0 aliphatic rings. The maximum atomic E-state index is 5.92. The molecular formula is C13H16ClN5O. The molecule has 1 aromatic heterocycles. The highest BCUT2D eigenvalue weighted by molar-refractivity contribution is 6.28. The van der Waals surface area contributed by atoms with E-state index in [1.807, 2.05) is 43.1 Å². The molecule has 0 aliphatic heterocycles. The molecular weight excluding hydrogens is 278 g/mol. The minimum absolute atomic E-state index is 0.159. The van der Waals surface area contributed by atoms with Crippen LogP contribution in [0.1, 0.15) is 6.92 Å². The molecule has 1 N–H and O–H groups in total. The minimum Gasteiger partial charge on any atom is -0.497 e. The lowest BCUT2D eigenvalue weighted by molar-refractivity contribution is 0.415. The van der Waals surface area contributed by atoms with E-state index >= 15 is 0 Å². The zero-order valence-corrected chi connectivity index (χ0v) is 12.3. The fourth-order valence-electron chi connectivity index (χ4n) is 1.65. The number of nitrogens with one attached hydrogen (secondary N) is 1. The SMILES string of the molecule is CCNc1nc(Cl)nc(N(C)c2ccc(OC)cc2)n1. The Kier molecular flexibility index (Phi) is 4.57. The maximum absolute atomic E-state index is 5.92. The molecule has 2 aromatic rings. The van der Waals surface area contributed by atoms with Crippen LogP contribution in [0.2, 0.25) is 5.28 Å². The van der Waals surface area contributed by atoms with E-state index in [9.17, 15) is 0 Å². The van der Waals surface area contributed by atoms with Crippen molar-refractivity contribution in [2.24, 2.45) is 0 Å². The average molecular weight is 294 g/mol. The first-order chi connectivity index (χ1) is 9.63. The number of hydrogen-bond donors (Lipinski definition) is 1. The van der Waals surface area contributed by atoms with Gasteiger partial charge in [0.1, 0.15) is 5.75 Å². The number of benzene rings is 1. The van der Waals surface area contributed by atoms with Gasteiger partial charge in [-0.1, -0.05) is 0 Å². The second-order valence-corrected chi connectivity index (χ2v) is 4.35. The topological polar surface area (TPSA) is 63.2 Å². The predicted octanol–water partition coefficient (Wildman–Crippen LogP) is 2.73. The Morgan fingerprint density at radius 1 is 1.20 bits per heavy atom. The lowest BCUT2D eigenvalue weighted by Crippen LogP contribution is -2.15. The number of rotatable bonds is 5. The molecule has 0 atom stereocenters. The van der Waals surface area contributed by atoms with E-state index in [1.54, 1.807) is 7.11 Å². The molecule has 0 saturated carbocycles. The highest BCUT2D eigenvalue weighted by Crippen LogP contribution is 2.24. The van der Waals surface area contributed by atoms with Crippen molar-refractivity contribution in [3.8, 4) is 5.75 Å². The largest absolute Gasteiger partial charge is 0.497 e. The van der Waals surface area contributed by atoms with Crippen LogP contribution in [0.25, 0.3) is 0 Å². The van der Waals surface area contributed by atoms with Crippen LogP contribution in [0.5, 0.6) is 5.75 Å². The summed E-state index contributed by atoms with van der Waals surface area (Å²) in [6.07, 6.45) is 0. The molecule has 0 radical (unpaired) electrons. The van der Waals surface area contributed by atoms with Crippen LogP contribution in [-0.2, 0) is 0 Å². The Bertz CT molecular complexity index is 575. The van der Waals surface area contributed by atoms with Crippen molar-refractivity contribution >= 4 is 29.2 Å². The molecule has 106 valence electrons. The Balaban J connectivity index is 2.29. The van der Waals surface area contributed by atoms with E-state index in [0.717, 1.165) is 11.4 Å². The van der Waals surface area contributed by atoms with Crippen LogP contribution in [0.15, 0.2) is 24.3 Å². The van der Waals surface area contributed by atoms with Gasteiger partial charge in [0.15, 0.2) is 0 Å². The van der Waals surface area contributed by atoms with Crippen molar-refractivity contribution in [1.29, 1.82) is 0 Å². The van der Waals surface area contributed by atoms with Crippen molar-refractivity contribution in [1.82, 2.24) is 15.0 Å². The third-order valence-corrected chi connectivity index (χ3v) is 2.86. The number of anilines is 3. The van der Waals surface area contributed by atoms with Gasteiger partial charge < -0.3 is 15.0 Å². The average Bonchev–Trinajstić information content (AvgIpc) is 2.46. The lowest BCUT2D eigenvalue weighted by atomic mass is 10.3. The van der Waals surface area contributed by atoms with Gasteiger partial charge in [-0.05, 0) is 42.8 Å². The lowest BCUT2D eigenvalue weighted by Gasteiger charge is -2.18. The normalized spacial score (nSPS) is 10.2. The van der Waals surface area contributed by atoms with Crippen LogP contribution in [0, 0.1) is 0 Å². The summed E-state index contributed by atoms with van der Waals surface area (Å²) in [5.41, 5.74) is 0.926. The summed E-state index contributed by atoms with van der Waals surface area (Å²) in [6.45, 7) is 2.68. The third-order valence-electron chi connectivity index (χ3n) is 2.69. The molecule has 0 fully saturated rings. The summed E-state index contributed by atoms with van der Waals surface area (Å²) in [6, 6.07) is 7.59. The molecule has 0 amide bonds. The summed E-state index contributed by atoms with van der Waals surface area (Å²) in [5, 5.41) is 3.18. The highest BCUT2D eigenvalue weighted by atomic mass is 35.5. The van der Waals surface area contributed by atoms with Crippen molar-refractivity contribution in [2.75, 3.05) is 30.9 Å². The summed E-state index contributed by atoms with van der Waals surface area (Å²) in [7, 11) is 3.50. The molecule has 0 bridgehead atoms. The molecule has 0 aliphatic carbocycles. The van der Waals surface area contributed by atoms with Gasteiger partial charge in [-0.25, -0.2) is 0 Å². The van der Waals surface area contributed by atoms with Crippen LogP contribution < -0.4 is 15.0 Å². The second-order valence-electron chi connectivity index (χ2n) is 4.02. The first-order valence-corrected chi connectivity index (χ1v) is 6.55. The van der Waals surface area contributed by atoms with Crippen LogP contribution >= 0.6 is 11.6 Å². The maximum Gasteiger partial charge on any atom is 0.235 e. The summed E-state index contributed by atoms with van der Waals surface area (Å²) in [4.78, 5) is 14.3. The molecule has 6 nitrogen and oxygen atoms in total. The molecule has 0 spiro atoms. The van der Waals surface area contributed by atoms with E-state index in [0.29, 0.717) is 18.4 Å². The Hall–Kier alpha value is -2.08. The number of methoxy groups -OCH3 is 1. The molecule has 7 heteroatoms. The zero-order chi connectivity index (χ0) is 14.5. The summed E-state index contributed by atoms with van der Waals surface area (Å²) < 4.78 is 5.13. The van der Waals surface area contributed by atoms with E-state index < -0.39 is 0 Å². The molecule has 1 heterocycles. The first kappa shape index (κ1) is 14.3. The Morgan fingerprint density at radius 2 is 1.90 bits per heavy atom. The van der Waals surface area contributed by atoms with Crippen molar-refractivity contribution in [3.05, 3.63) is 29.5 Å². The van der Waals surface area contributed by atoms with Crippen molar-refractivity contribution < 1.29 is 4.74 Å². The Morgan fingerprint density at radius 3 is 2.50 bits per heavy atom. The van der Waals surface area contributed by atoms with Gasteiger partial charge in [-0.15, -0.1) is 0 Å². The Labute approximate surface area is 122 Å². The number of ether oxygens (including phenoxy) is 1. The van der Waals surface area contributed by atoms with Crippen molar-refractivity contribution in [2.45, 2.75) is 6.92 Å². The van der Waals surface area contributed by atoms with Gasteiger partial charge in [0, 0.05) is 19.3 Å². The number of halogens is 1. The van der Waals surface area contributed by atoms with E-state index in [4.69, 9.17) is 16.3 Å². The third kappa shape index (κ3) is 3.27. The minimum atomic E-state index is 0.159. The highest BCUT2D eigenvalue weighted by Gasteiger charge is 2.11. The van der Waals surface area contributed by atoms with Gasteiger partial charge >= 0.3 is 0 Å². The van der Waals surface area contributed by atoms with Gasteiger partial charge in [0.05, 0.1) is 7.11 Å². The van der Waals surface area contributed by atoms with Crippen LogP contribution in [-0.4, -0.2) is 35.7 Å². The van der Waals surface area contributed by atoms with Gasteiger partial charge in [0.25, 0.3) is 0 Å². The van der Waals surface area contributed by atoms with Gasteiger partial charge in [-0.3, -0.25) is 0 Å². The smallest absolute Gasteiger partial charge is 0.235 e. The van der Waals surface area contributed by atoms with Crippen LogP contribution in [0.3, 0.4) is 0 Å². The molecule has 0 saturated heterocycles. The summed E-state index contributed by atoms with van der Waals surface area (Å²) in [5.74, 6) is 1.73. The number of aromatic nitrogens is 3. The first-order valence-electron chi connectivity index (χ1n) is 6.17. The number of nitrogens with zero attached hydrogens (tertiary/aromatic N) is 4. The second kappa shape index (κ2) is 6.38. The zero-order valence-electron chi connectivity index (χ0n) is 11.6. The predicted molar refractivity (Wildman–Crippen MR) is 80.1 cm³/mol. The van der Waals surface area contributed by atoms with Gasteiger partial charge in [-0.2, -0.15) is 15.0 Å². The molecule has 2 rings (SSSR count). The van der Waals surface area contributed by atoms with E-state index in [1.165, 1.54) is 0 Å². The van der Waals surface area contributed by atoms with Gasteiger partial charge in [0.2, 0.25) is 17.2 Å². The summed E-state index contributed by atoms with van der Waals surface area (Å²) >= 11 is 5.92. The number of hydrogen-bond acceptors (Lipinski definition) is 6. The fourth-order valence-corrected chi connectivity index (χ4v) is 1.80. The quantitative estimate of drug-likeness (QED) is 0.914. The van der Waals surface area contributed by atoms with E-state index in [-0.39, 0.29) is 5.28 Å². The van der Waals surface area contributed by atoms with Crippen molar-refractivity contribution in [3.63, 3.8) is 0 Å². The standard InChI is InChI=1S/C13H16ClN5O/c1-4-15-12-16-11(14)17-13(18-12)19(2)9-5-7-10(20-3)8-6-9/h5-8H,4H2,1-3H3,(H,15,16,17,18). The molecule has 1 aromatic carbocycles. The van der Waals surface area contributed by atoms with Crippen LogP contribution in [0.4, 0.5) is 17.6 Å². The molecule has 20 heavy (non-hydrogen) atoms. The monoisotopic (exact) mass is 293 g/mol. The molecule has 0 unspecified atom stereocenters. The fraction of sp³-hybridized carbons (Fsp3) is 0.308. The van der Waals surface area contributed by atoms with E-state index in [2.05, 4.69) is 20.3 Å².